The molecule has 0 N–H and O–H groups in total. The number of benzene rings is 1. The number of hydrogen-bond acceptors (Lipinski definition) is 4. The summed E-state index contributed by atoms with van der Waals surface area (Å²) < 4.78 is 0. The number of anilines is 2. The molecule has 0 aromatic heterocycles. The van der Waals surface area contributed by atoms with Gasteiger partial charge >= 0.3 is 0 Å². The minimum absolute atomic E-state index is 0.0690. The Kier molecular flexibility index (Phi) is 2.92. The molecular weight excluding hydrogens is 240 g/mol. The highest BCUT2D eigenvalue weighted by Crippen LogP contribution is 2.37. The molecule has 0 bridgehead atoms. The molecule has 0 unspecified atom stereocenters. The summed E-state index contributed by atoms with van der Waals surface area (Å²) in [5.74, 6) is -0.0690. The maximum Gasteiger partial charge on any atom is 0.246 e. The molecule has 96 valence electrons. The second kappa shape index (κ2) is 4.29. The fourth-order valence-electron chi connectivity index (χ4n) is 2.11. The first-order valence-electron chi connectivity index (χ1n) is 5.90. The number of nitriles is 2. The molecule has 0 atom stereocenters. The van der Waals surface area contributed by atoms with E-state index in [9.17, 15) is 10.1 Å². The van der Waals surface area contributed by atoms with E-state index >= 15 is 0 Å². The summed E-state index contributed by atoms with van der Waals surface area (Å²) in [6.45, 7) is 3.65. The molecule has 0 saturated carbocycles. The molecule has 19 heavy (non-hydrogen) atoms. The van der Waals surface area contributed by atoms with Gasteiger partial charge in [-0.25, -0.2) is 0 Å². The Morgan fingerprint density at radius 2 is 1.95 bits per heavy atom. The fourth-order valence-corrected chi connectivity index (χ4v) is 2.11. The monoisotopic (exact) mass is 254 g/mol. The van der Waals surface area contributed by atoms with Gasteiger partial charge in [0.2, 0.25) is 5.91 Å². The number of nitrogens with zero attached hydrogens (tertiary/aromatic N) is 4. The van der Waals surface area contributed by atoms with E-state index in [1.807, 2.05) is 0 Å². The predicted octanol–water partition coefficient (Wildman–Crippen LogP) is 1.64. The Labute approximate surface area is 112 Å². The van der Waals surface area contributed by atoms with Crippen molar-refractivity contribution in [2.24, 2.45) is 0 Å². The summed E-state index contributed by atoms with van der Waals surface area (Å²) in [6, 6.07) is 9.41. The summed E-state index contributed by atoms with van der Waals surface area (Å²) in [4.78, 5) is 15.3. The molecule has 1 heterocycles. The van der Waals surface area contributed by atoms with Gasteiger partial charge in [-0.3, -0.25) is 4.79 Å². The van der Waals surface area contributed by atoms with E-state index in [1.165, 1.54) is 0 Å². The Morgan fingerprint density at radius 1 is 1.26 bits per heavy atom. The highest BCUT2D eigenvalue weighted by molar-refractivity contribution is 6.03. The SMILES string of the molecule is CN1C(=O)CN(C(C)(C)C#N)c2cc(C#N)ccc21. The molecule has 0 fully saturated rings. The molecular formula is C14H14N4O. The molecule has 1 aromatic rings. The quantitative estimate of drug-likeness (QED) is 0.763. The lowest BCUT2D eigenvalue weighted by atomic mass is 10.00. The molecule has 5 nitrogen and oxygen atoms in total. The van der Waals surface area contributed by atoms with Crippen LogP contribution in [0.25, 0.3) is 0 Å². The average Bonchev–Trinajstić information content (AvgIpc) is 2.42. The molecule has 2 rings (SSSR count). The molecule has 1 aliphatic rings. The Balaban J connectivity index is 2.64. The van der Waals surface area contributed by atoms with Gasteiger partial charge in [0.25, 0.3) is 0 Å². The number of likely N-dealkylation sites (N-methyl/N-ethyl adjacent to an activating group) is 1. The Bertz CT molecular complexity index is 621. The van der Waals surface area contributed by atoms with E-state index in [0.717, 1.165) is 11.4 Å². The Morgan fingerprint density at radius 3 is 2.53 bits per heavy atom. The topological polar surface area (TPSA) is 71.1 Å². The van der Waals surface area contributed by atoms with Gasteiger partial charge in [-0.15, -0.1) is 0 Å². The van der Waals surface area contributed by atoms with Gasteiger partial charge in [-0.2, -0.15) is 10.5 Å². The first kappa shape index (κ1) is 12.9. The van der Waals surface area contributed by atoms with E-state index in [-0.39, 0.29) is 12.5 Å². The third kappa shape index (κ3) is 2.00. The molecule has 0 aliphatic carbocycles. The predicted molar refractivity (Wildman–Crippen MR) is 71.6 cm³/mol. The molecule has 0 radical (unpaired) electrons. The van der Waals surface area contributed by atoms with Crippen LogP contribution < -0.4 is 9.80 Å². The number of hydrogen-bond donors (Lipinski definition) is 0. The number of amides is 1. The van der Waals surface area contributed by atoms with Crippen molar-refractivity contribution in [3.05, 3.63) is 23.8 Å². The lowest BCUT2D eigenvalue weighted by Crippen LogP contribution is -2.52. The van der Waals surface area contributed by atoms with Gasteiger partial charge in [-0.1, -0.05) is 0 Å². The van der Waals surface area contributed by atoms with E-state index in [1.54, 1.807) is 48.9 Å². The Hall–Kier alpha value is -2.53. The lowest BCUT2D eigenvalue weighted by Gasteiger charge is -2.41. The van der Waals surface area contributed by atoms with Crippen LogP contribution in [0.15, 0.2) is 18.2 Å². The second-order valence-corrected chi connectivity index (χ2v) is 5.03. The molecule has 1 aromatic carbocycles. The van der Waals surface area contributed by atoms with E-state index in [4.69, 9.17) is 5.26 Å². The second-order valence-electron chi connectivity index (χ2n) is 5.03. The zero-order chi connectivity index (χ0) is 14.2. The van der Waals surface area contributed by atoms with Crippen LogP contribution >= 0.6 is 0 Å². The number of fused-ring (bicyclic) bond motifs is 1. The van der Waals surface area contributed by atoms with Gasteiger partial charge in [0.1, 0.15) is 5.54 Å². The summed E-state index contributed by atoms with van der Waals surface area (Å²) in [6.07, 6.45) is 0. The van der Waals surface area contributed by atoms with E-state index < -0.39 is 5.54 Å². The summed E-state index contributed by atoms with van der Waals surface area (Å²) in [7, 11) is 1.70. The van der Waals surface area contributed by atoms with Crippen molar-refractivity contribution in [2.75, 3.05) is 23.4 Å². The number of carbonyl (C=O) groups is 1. The minimum atomic E-state index is -0.806. The average molecular weight is 254 g/mol. The van der Waals surface area contributed by atoms with Gasteiger partial charge in [0, 0.05) is 7.05 Å². The molecule has 0 spiro atoms. The van der Waals surface area contributed by atoms with Crippen LogP contribution in [0.4, 0.5) is 11.4 Å². The third-order valence-electron chi connectivity index (χ3n) is 3.37. The van der Waals surface area contributed by atoms with Crippen molar-refractivity contribution in [1.29, 1.82) is 10.5 Å². The third-order valence-corrected chi connectivity index (χ3v) is 3.37. The minimum Gasteiger partial charge on any atom is -0.342 e. The van der Waals surface area contributed by atoms with Crippen molar-refractivity contribution < 1.29 is 4.79 Å². The maximum atomic E-state index is 12.0. The first-order valence-corrected chi connectivity index (χ1v) is 5.90. The van der Waals surface area contributed by atoms with E-state index in [2.05, 4.69) is 12.1 Å². The van der Waals surface area contributed by atoms with Crippen LogP contribution in [-0.4, -0.2) is 25.0 Å². The zero-order valence-electron chi connectivity index (χ0n) is 11.1. The van der Waals surface area contributed by atoms with Crippen LogP contribution in [0, 0.1) is 22.7 Å². The number of carbonyl (C=O) groups excluding carboxylic acids is 1. The highest BCUT2D eigenvalue weighted by atomic mass is 16.2. The van der Waals surface area contributed by atoms with Gasteiger partial charge < -0.3 is 9.80 Å². The number of rotatable bonds is 1. The largest absolute Gasteiger partial charge is 0.342 e. The van der Waals surface area contributed by atoms with Crippen molar-refractivity contribution >= 4 is 17.3 Å². The van der Waals surface area contributed by atoms with E-state index in [0.29, 0.717) is 5.56 Å². The lowest BCUT2D eigenvalue weighted by molar-refractivity contribution is -0.117. The fraction of sp³-hybridized carbons (Fsp3) is 0.357. The van der Waals surface area contributed by atoms with Crippen molar-refractivity contribution in [3.8, 4) is 12.1 Å². The van der Waals surface area contributed by atoms with Gasteiger partial charge in [0.15, 0.2) is 0 Å². The maximum absolute atomic E-state index is 12.0. The van der Waals surface area contributed by atoms with Crippen molar-refractivity contribution in [1.82, 2.24) is 0 Å². The van der Waals surface area contributed by atoms with Gasteiger partial charge in [0.05, 0.1) is 35.6 Å². The van der Waals surface area contributed by atoms with Crippen LogP contribution in [0.5, 0.6) is 0 Å². The summed E-state index contributed by atoms with van der Waals surface area (Å²) >= 11 is 0. The smallest absolute Gasteiger partial charge is 0.246 e. The van der Waals surface area contributed by atoms with Crippen LogP contribution in [0.3, 0.4) is 0 Å². The highest BCUT2D eigenvalue weighted by Gasteiger charge is 2.35. The summed E-state index contributed by atoms with van der Waals surface area (Å²) in [5.41, 5.74) is 1.17. The van der Waals surface area contributed by atoms with Gasteiger partial charge in [-0.05, 0) is 32.0 Å². The normalized spacial score (nSPS) is 14.7. The first-order chi connectivity index (χ1) is 8.90. The van der Waals surface area contributed by atoms with Crippen LogP contribution in [0.1, 0.15) is 19.4 Å². The molecule has 0 saturated heterocycles. The molecule has 5 heteroatoms. The molecule has 1 amide bonds. The van der Waals surface area contributed by atoms with Crippen LogP contribution in [0.2, 0.25) is 0 Å². The zero-order valence-corrected chi connectivity index (χ0v) is 11.1. The van der Waals surface area contributed by atoms with Crippen LogP contribution in [-0.2, 0) is 4.79 Å². The standard InChI is InChI=1S/C14H14N4O/c1-14(2,9-16)18-8-13(19)17(3)11-5-4-10(7-15)6-12(11)18/h4-6H,8H2,1-3H3. The summed E-state index contributed by atoms with van der Waals surface area (Å²) in [5, 5.41) is 18.3. The van der Waals surface area contributed by atoms with Crippen molar-refractivity contribution in [3.63, 3.8) is 0 Å². The molecule has 1 aliphatic heterocycles. The van der Waals surface area contributed by atoms with Crippen molar-refractivity contribution in [2.45, 2.75) is 19.4 Å².